The van der Waals surface area contributed by atoms with Crippen LogP contribution in [-0.2, 0) is 0 Å². The average molecular weight is 213 g/mol. The van der Waals surface area contributed by atoms with Crippen molar-refractivity contribution in [3.05, 3.63) is 0 Å². The van der Waals surface area contributed by atoms with Crippen molar-refractivity contribution in [3.8, 4) is 0 Å². The highest BCUT2D eigenvalue weighted by atomic mass is 16.2. The Morgan fingerprint density at radius 3 is 2.60 bits per heavy atom. The van der Waals surface area contributed by atoms with Crippen LogP contribution in [0.1, 0.15) is 32.6 Å². The Morgan fingerprint density at radius 2 is 1.93 bits per heavy atom. The van der Waals surface area contributed by atoms with E-state index < -0.39 is 0 Å². The second-order valence-corrected chi connectivity index (χ2v) is 4.16. The molecule has 1 rings (SSSR count). The van der Waals surface area contributed by atoms with Crippen LogP contribution in [0.5, 0.6) is 0 Å². The van der Waals surface area contributed by atoms with Crippen molar-refractivity contribution in [2.75, 3.05) is 26.2 Å². The predicted molar refractivity (Wildman–Crippen MR) is 61.9 cm³/mol. The second-order valence-electron chi connectivity index (χ2n) is 4.16. The number of urea groups is 1. The normalized spacial score (nSPS) is 17.4. The van der Waals surface area contributed by atoms with Gasteiger partial charge in [-0.25, -0.2) is 4.79 Å². The summed E-state index contributed by atoms with van der Waals surface area (Å²) in [7, 11) is 0. The quantitative estimate of drug-likeness (QED) is 0.640. The van der Waals surface area contributed by atoms with Crippen LogP contribution in [0.25, 0.3) is 0 Å². The molecule has 0 radical (unpaired) electrons. The molecular formula is C11H23N3O. The first-order chi connectivity index (χ1) is 7.33. The minimum absolute atomic E-state index is 0.0224. The molecule has 3 N–H and O–H groups in total. The molecule has 1 fully saturated rings. The first-order valence-corrected chi connectivity index (χ1v) is 6.05. The van der Waals surface area contributed by atoms with Crippen LogP contribution in [0.4, 0.5) is 4.79 Å². The van der Waals surface area contributed by atoms with Gasteiger partial charge in [0.25, 0.3) is 0 Å². The fourth-order valence-electron chi connectivity index (χ4n) is 1.86. The van der Waals surface area contributed by atoms with Crippen LogP contribution in [0.2, 0.25) is 0 Å². The van der Waals surface area contributed by atoms with E-state index in [2.05, 4.69) is 22.9 Å². The maximum Gasteiger partial charge on any atom is 0.314 e. The molecule has 0 spiro atoms. The Kier molecular flexibility index (Phi) is 6.16. The molecular weight excluding hydrogens is 190 g/mol. The molecule has 0 aromatic carbocycles. The number of carbonyl (C=O) groups excluding carboxylic acids is 1. The molecule has 1 heterocycles. The number of rotatable bonds is 5. The maximum absolute atomic E-state index is 11.2. The summed E-state index contributed by atoms with van der Waals surface area (Å²) in [6.07, 6.45) is 4.60. The molecule has 4 heteroatoms. The molecule has 0 aromatic heterocycles. The highest BCUT2D eigenvalue weighted by molar-refractivity contribution is 5.73. The van der Waals surface area contributed by atoms with Crippen molar-refractivity contribution < 1.29 is 4.79 Å². The molecule has 0 aromatic rings. The van der Waals surface area contributed by atoms with Gasteiger partial charge >= 0.3 is 6.03 Å². The van der Waals surface area contributed by atoms with Crippen LogP contribution in [-0.4, -0.2) is 32.2 Å². The zero-order valence-electron chi connectivity index (χ0n) is 9.64. The number of carbonyl (C=O) groups is 1. The summed E-state index contributed by atoms with van der Waals surface area (Å²) in [4.78, 5) is 11.2. The van der Waals surface area contributed by atoms with Gasteiger partial charge in [-0.05, 0) is 44.7 Å². The Hall–Kier alpha value is -0.770. The SMILES string of the molecule is CCCNC(=O)NCCC1CCNCC1. The molecule has 1 saturated heterocycles. The Balaban J connectivity index is 1.97. The number of amides is 2. The van der Waals surface area contributed by atoms with E-state index in [1.165, 1.54) is 12.8 Å². The summed E-state index contributed by atoms with van der Waals surface area (Å²) in [6.45, 7) is 5.88. The van der Waals surface area contributed by atoms with Gasteiger partial charge < -0.3 is 16.0 Å². The summed E-state index contributed by atoms with van der Waals surface area (Å²) in [6, 6.07) is -0.0224. The molecule has 0 saturated carbocycles. The molecule has 2 amide bonds. The van der Waals surface area contributed by atoms with Crippen molar-refractivity contribution >= 4 is 6.03 Å². The van der Waals surface area contributed by atoms with E-state index in [4.69, 9.17) is 0 Å². The van der Waals surface area contributed by atoms with E-state index in [1.807, 2.05) is 0 Å². The molecule has 0 atom stereocenters. The van der Waals surface area contributed by atoms with Crippen LogP contribution >= 0.6 is 0 Å². The van der Waals surface area contributed by atoms with Crippen molar-refractivity contribution in [1.29, 1.82) is 0 Å². The van der Waals surface area contributed by atoms with Gasteiger partial charge in [0.2, 0.25) is 0 Å². The molecule has 88 valence electrons. The second kappa shape index (κ2) is 7.51. The smallest absolute Gasteiger partial charge is 0.314 e. The lowest BCUT2D eigenvalue weighted by molar-refractivity contribution is 0.239. The summed E-state index contributed by atoms with van der Waals surface area (Å²) in [5.74, 6) is 0.790. The number of hydrogen-bond donors (Lipinski definition) is 3. The van der Waals surface area contributed by atoms with Crippen LogP contribution in [0.3, 0.4) is 0 Å². The van der Waals surface area contributed by atoms with Crippen LogP contribution in [0.15, 0.2) is 0 Å². The Morgan fingerprint density at radius 1 is 1.27 bits per heavy atom. The molecule has 0 aliphatic carbocycles. The lowest BCUT2D eigenvalue weighted by Crippen LogP contribution is -2.37. The lowest BCUT2D eigenvalue weighted by atomic mass is 9.95. The van der Waals surface area contributed by atoms with Crippen molar-refractivity contribution in [1.82, 2.24) is 16.0 Å². The minimum atomic E-state index is -0.0224. The fourth-order valence-corrected chi connectivity index (χ4v) is 1.86. The van der Waals surface area contributed by atoms with E-state index >= 15 is 0 Å². The molecule has 0 unspecified atom stereocenters. The lowest BCUT2D eigenvalue weighted by Gasteiger charge is -2.22. The van der Waals surface area contributed by atoms with Crippen LogP contribution in [0, 0.1) is 5.92 Å². The van der Waals surface area contributed by atoms with Gasteiger partial charge in [0.05, 0.1) is 0 Å². The third kappa shape index (κ3) is 5.62. The molecule has 0 bridgehead atoms. The van der Waals surface area contributed by atoms with Gasteiger partial charge in [-0.15, -0.1) is 0 Å². The highest BCUT2D eigenvalue weighted by Gasteiger charge is 2.12. The van der Waals surface area contributed by atoms with Gasteiger partial charge in [0.1, 0.15) is 0 Å². The van der Waals surface area contributed by atoms with Gasteiger partial charge in [0, 0.05) is 13.1 Å². The molecule has 15 heavy (non-hydrogen) atoms. The zero-order chi connectivity index (χ0) is 10.9. The summed E-state index contributed by atoms with van der Waals surface area (Å²) < 4.78 is 0. The number of hydrogen-bond acceptors (Lipinski definition) is 2. The number of piperidine rings is 1. The number of nitrogens with one attached hydrogen (secondary N) is 3. The van der Waals surface area contributed by atoms with E-state index in [0.29, 0.717) is 0 Å². The Bertz CT molecular complexity index is 179. The fraction of sp³-hybridized carbons (Fsp3) is 0.909. The first-order valence-electron chi connectivity index (χ1n) is 6.05. The monoisotopic (exact) mass is 213 g/mol. The summed E-state index contributed by atoms with van der Waals surface area (Å²) in [5.41, 5.74) is 0. The Labute approximate surface area is 92.2 Å². The highest BCUT2D eigenvalue weighted by Crippen LogP contribution is 2.14. The van der Waals surface area contributed by atoms with E-state index in [9.17, 15) is 4.79 Å². The van der Waals surface area contributed by atoms with E-state index in [0.717, 1.165) is 44.9 Å². The van der Waals surface area contributed by atoms with Gasteiger partial charge in [-0.2, -0.15) is 0 Å². The van der Waals surface area contributed by atoms with E-state index in [1.54, 1.807) is 0 Å². The molecule has 4 nitrogen and oxygen atoms in total. The third-order valence-electron chi connectivity index (χ3n) is 2.83. The van der Waals surface area contributed by atoms with E-state index in [-0.39, 0.29) is 6.03 Å². The van der Waals surface area contributed by atoms with Gasteiger partial charge in [-0.1, -0.05) is 6.92 Å². The average Bonchev–Trinajstić information content (AvgIpc) is 2.28. The summed E-state index contributed by atoms with van der Waals surface area (Å²) >= 11 is 0. The first kappa shape index (κ1) is 12.3. The summed E-state index contributed by atoms with van der Waals surface area (Å²) in [5, 5.41) is 9.04. The zero-order valence-corrected chi connectivity index (χ0v) is 9.64. The molecule has 1 aliphatic heterocycles. The van der Waals surface area contributed by atoms with Crippen molar-refractivity contribution in [3.63, 3.8) is 0 Å². The van der Waals surface area contributed by atoms with Crippen molar-refractivity contribution in [2.45, 2.75) is 32.6 Å². The van der Waals surface area contributed by atoms with Gasteiger partial charge in [-0.3, -0.25) is 0 Å². The topological polar surface area (TPSA) is 53.2 Å². The van der Waals surface area contributed by atoms with Crippen molar-refractivity contribution in [2.24, 2.45) is 5.92 Å². The third-order valence-corrected chi connectivity index (χ3v) is 2.83. The minimum Gasteiger partial charge on any atom is -0.338 e. The standard InChI is InChI=1S/C11H23N3O/c1-2-6-13-11(15)14-9-5-10-3-7-12-8-4-10/h10,12H,2-9H2,1H3,(H2,13,14,15). The molecule has 1 aliphatic rings. The largest absolute Gasteiger partial charge is 0.338 e. The van der Waals surface area contributed by atoms with Gasteiger partial charge in [0.15, 0.2) is 0 Å². The maximum atomic E-state index is 11.2. The predicted octanol–water partition coefficient (Wildman–Crippen LogP) is 1.09. The van der Waals surface area contributed by atoms with Crippen LogP contribution < -0.4 is 16.0 Å².